The van der Waals surface area contributed by atoms with Gasteiger partial charge in [-0.2, -0.15) is 0 Å². The van der Waals surface area contributed by atoms with Crippen LogP contribution < -0.4 is 10.1 Å². The normalized spacial score (nSPS) is 19.2. The number of nitrogens with one attached hydrogen (secondary N) is 1. The first-order valence-electron chi connectivity index (χ1n) is 8.73. The van der Waals surface area contributed by atoms with Crippen molar-refractivity contribution in [3.8, 4) is 11.5 Å². The fraction of sp³-hybridized carbons (Fsp3) is 0.136. The number of carbonyl (C=O) groups excluding carboxylic acids is 1. The van der Waals surface area contributed by atoms with Crippen molar-refractivity contribution in [1.82, 2.24) is 0 Å². The number of esters is 1. The summed E-state index contributed by atoms with van der Waals surface area (Å²) in [5.41, 5.74) is 3.05. The third-order valence-corrected chi connectivity index (χ3v) is 5.00. The van der Waals surface area contributed by atoms with Crippen molar-refractivity contribution in [1.29, 1.82) is 0 Å². The number of ether oxygens (including phenoxy) is 2. The van der Waals surface area contributed by atoms with Crippen molar-refractivity contribution in [2.75, 3.05) is 11.9 Å². The first kappa shape index (κ1) is 15.0. The Balaban J connectivity index is 1.91. The summed E-state index contributed by atoms with van der Waals surface area (Å²) in [5, 5.41) is 3.39. The number of rotatable bonds is 2. The molecule has 3 aromatic carbocycles. The maximum atomic E-state index is 12.7. The molecule has 2 heterocycles. The van der Waals surface area contributed by atoms with E-state index in [9.17, 15) is 4.79 Å². The Morgan fingerprint density at radius 3 is 2.46 bits per heavy atom. The van der Waals surface area contributed by atoms with Crippen molar-refractivity contribution in [2.45, 2.75) is 12.5 Å². The van der Waals surface area contributed by atoms with Crippen LogP contribution >= 0.6 is 0 Å². The summed E-state index contributed by atoms with van der Waals surface area (Å²) in [5.74, 6) is 1.10. The summed E-state index contributed by atoms with van der Waals surface area (Å²) in [7, 11) is 0. The molecule has 4 nitrogen and oxygen atoms in total. The third kappa shape index (κ3) is 1.81. The minimum absolute atomic E-state index is 0.311. The largest absolute Gasteiger partial charge is 0.456 e. The molecule has 5 rings (SSSR count). The van der Waals surface area contributed by atoms with Crippen LogP contribution in [0.25, 0.3) is 0 Å². The Morgan fingerprint density at radius 1 is 0.885 bits per heavy atom. The molecule has 0 aromatic heterocycles. The third-order valence-electron chi connectivity index (χ3n) is 5.00. The van der Waals surface area contributed by atoms with E-state index >= 15 is 0 Å². The second kappa shape index (κ2) is 5.36. The molecule has 1 N–H and O–H groups in total. The quantitative estimate of drug-likeness (QED) is 0.686. The molecule has 0 saturated heterocycles. The standard InChI is InChI=1S/C22H17NO3/c1-2-23-17-11-7-13-19-20(17)22(16-10-5-6-12-18(16)25-19)15-9-4-3-8-14(15)21(24)26-22/h3-13,23H,2H2,1H3. The molecular weight excluding hydrogens is 326 g/mol. The SMILES string of the molecule is CCNc1cccc2c1C1(OC(=O)c3ccccc31)c1ccccc1O2. The van der Waals surface area contributed by atoms with E-state index < -0.39 is 5.60 Å². The molecule has 1 spiro atoms. The van der Waals surface area contributed by atoms with Crippen LogP contribution in [-0.2, 0) is 10.3 Å². The molecular formula is C22H17NO3. The zero-order chi connectivity index (χ0) is 17.7. The average molecular weight is 343 g/mol. The van der Waals surface area contributed by atoms with Gasteiger partial charge in [-0.05, 0) is 31.2 Å². The number of hydrogen-bond donors (Lipinski definition) is 1. The lowest BCUT2D eigenvalue weighted by molar-refractivity contribution is 0.0227. The number of carbonyl (C=O) groups is 1. The van der Waals surface area contributed by atoms with E-state index in [4.69, 9.17) is 9.47 Å². The van der Waals surface area contributed by atoms with Crippen molar-refractivity contribution in [3.63, 3.8) is 0 Å². The van der Waals surface area contributed by atoms with E-state index in [0.717, 1.165) is 28.9 Å². The van der Waals surface area contributed by atoms with Crippen molar-refractivity contribution < 1.29 is 14.3 Å². The van der Waals surface area contributed by atoms with Gasteiger partial charge in [0, 0.05) is 23.4 Å². The summed E-state index contributed by atoms with van der Waals surface area (Å²) in [6.45, 7) is 2.79. The van der Waals surface area contributed by atoms with Crippen LogP contribution in [0.15, 0.2) is 66.7 Å². The van der Waals surface area contributed by atoms with Gasteiger partial charge in [-0.1, -0.05) is 42.5 Å². The van der Waals surface area contributed by atoms with E-state index in [2.05, 4.69) is 5.32 Å². The second-order valence-corrected chi connectivity index (χ2v) is 6.42. The van der Waals surface area contributed by atoms with Crippen LogP contribution in [0.2, 0.25) is 0 Å². The minimum atomic E-state index is -1.00. The van der Waals surface area contributed by atoms with Crippen molar-refractivity contribution >= 4 is 11.7 Å². The van der Waals surface area contributed by atoms with Crippen LogP contribution in [0, 0.1) is 0 Å². The van der Waals surface area contributed by atoms with Gasteiger partial charge >= 0.3 is 5.97 Å². The number of benzene rings is 3. The highest BCUT2D eigenvalue weighted by molar-refractivity contribution is 5.97. The molecule has 1 unspecified atom stereocenters. The van der Waals surface area contributed by atoms with Gasteiger partial charge in [0.05, 0.1) is 11.1 Å². The lowest BCUT2D eigenvalue weighted by Crippen LogP contribution is -2.34. The zero-order valence-electron chi connectivity index (χ0n) is 14.3. The molecule has 0 radical (unpaired) electrons. The van der Waals surface area contributed by atoms with Gasteiger partial charge in [0.2, 0.25) is 0 Å². The van der Waals surface area contributed by atoms with E-state index in [-0.39, 0.29) is 5.97 Å². The number of anilines is 1. The Bertz CT molecular complexity index is 1040. The molecule has 3 aromatic rings. The minimum Gasteiger partial charge on any atom is -0.456 e. The molecule has 2 aliphatic heterocycles. The first-order valence-corrected chi connectivity index (χ1v) is 8.73. The number of hydrogen-bond acceptors (Lipinski definition) is 4. The Morgan fingerprint density at radius 2 is 1.62 bits per heavy atom. The summed E-state index contributed by atoms with van der Waals surface area (Å²) in [6, 6.07) is 21.2. The van der Waals surface area contributed by atoms with Gasteiger partial charge in [0.25, 0.3) is 0 Å². The molecule has 4 heteroatoms. The van der Waals surface area contributed by atoms with E-state index in [1.54, 1.807) is 0 Å². The first-order chi connectivity index (χ1) is 12.8. The van der Waals surface area contributed by atoms with E-state index in [1.807, 2.05) is 73.7 Å². The van der Waals surface area contributed by atoms with Crippen LogP contribution in [0.1, 0.15) is 34.0 Å². The predicted octanol–water partition coefficient (Wildman–Crippen LogP) is 4.69. The van der Waals surface area contributed by atoms with Crippen LogP contribution in [0.3, 0.4) is 0 Å². The topological polar surface area (TPSA) is 47.6 Å². The molecule has 0 aliphatic carbocycles. The summed E-state index contributed by atoms with van der Waals surface area (Å²) in [4.78, 5) is 12.7. The zero-order valence-corrected chi connectivity index (χ0v) is 14.3. The van der Waals surface area contributed by atoms with Crippen LogP contribution in [0.4, 0.5) is 5.69 Å². The van der Waals surface area contributed by atoms with Crippen molar-refractivity contribution in [2.24, 2.45) is 0 Å². The number of para-hydroxylation sites is 1. The van der Waals surface area contributed by atoms with Gasteiger partial charge in [-0.25, -0.2) is 4.79 Å². The Labute approximate surface area is 151 Å². The smallest absolute Gasteiger partial charge is 0.340 e. The van der Waals surface area contributed by atoms with E-state index in [1.165, 1.54) is 0 Å². The lowest BCUT2D eigenvalue weighted by atomic mass is 9.77. The Hall–Kier alpha value is -3.27. The molecule has 0 amide bonds. The predicted molar refractivity (Wildman–Crippen MR) is 98.9 cm³/mol. The van der Waals surface area contributed by atoms with E-state index in [0.29, 0.717) is 17.1 Å². The molecule has 1 atom stereocenters. The van der Waals surface area contributed by atoms with Crippen LogP contribution in [-0.4, -0.2) is 12.5 Å². The highest BCUT2D eigenvalue weighted by Crippen LogP contribution is 2.57. The average Bonchev–Trinajstić information content (AvgIpc) is 2.96. The van der Waals surface area contributed by atoms with Gasteiger partial charge in [0.1, 0.15) is 11.5 Å². The molecule has 128 valence electrons. The maximum Gasteiger partial charge on any atom is 0.340 e. The summed E-state index contributed by atoms with van der Waals surface area (Å²) < 4.78 is 12.3. The van der Waals surface area contributed by atoms with Crippen LogP contribution in [0.5, 0.6) is 11.5 Å². The number of fused-ring (bicyclic) bond motifs is 6. The molecule has 0 fully saturated rings. The second-order valence-electron chi connectivity index (χ2n) is 6.42. The van der Waals surface area contributed by atoms with Gasteiger partial charge in [-0.15, -0.1) is 0 Å². The molecule has 2 aliphatic rings. The summed E-state index contributed by atoms with van der Waals surface area (Å²) in [6.07, 6.45) is 0. The molecule has 0 saturated carbocycles. The maximum absolute atomic E-state index is 12.7. The molecule has 0 bridgehead atoms. The fourth-order valence-electron chi connectivity index (χ4n) is 4.02. The highest BCUT2D eigenvalue weighted by Gasteiger charge is 2.54. The fourth-order valence-corrected chi connectivity index (χ4v) is 4.02. The summed E-state index contributed by atoms with van der Waals surface area (Å²) >= 11 is 0. The van der Waals surface area contributed by atoms with Gasteiger partial charge in [0.15, 0.2) is 5.60 Å². The van der Waals surface area contributed by atoms with Gasteiger partial charge in [-0.3, -0.25) is 0 Å². The Kier molecular flexibility index (Phi) is 3.10. The molecule has 26 heavy (non-hydrogen) atoms. The van der Waals surface area contributed by atoms with Crippen molar-refractivity contribution in [3.05, 3.63) is 89.0 Å². The highest BCUT2D eigenvalue weighted by atomic mass is 16.6. The monoisotopic (exact) mass is 343 g/mol. The lowest BCUT2D eigenvalue weighted by Gasteiger charge is -2.37. The van der Waals surface area contributed by atoms with Gasteiger partial charge < -0.3 is 14.8 Å².